The lowest BCUT2D eigenvalue weighted by molar-refractivity contribution is 0.0937. The van der Waals surface area contributed by atoms with Crippen LogP contribution in [0.4, 0.5) is 0 Å². The van der Waals surface area contributed by atoms with Crippen molar-refractivity contribution in [3.8, 4) is 22.9 Å². The van der Waals surface area contributed by atoms with Gasteiger partial charge >= 0.3 is 0 Å². The number of aromatic nitrogens is 3. The molecule has 0 aliphatic carbocycles. The van der Waals surface area contributed by atoms with E-state index in [-0.39, 0.29) is 18.1 Å². The number of benzene rings is 1. The van der Waals surface area contributed by atoms with Crippen LogP contribution in [0.25, 0.3) is 22.9 Å². The lowest BCUT2D eigenvalue weighted by atomic mass is 10.2. The zero-order valence-corrected chi connectivity index (χ0v) is 13.9. The molecule has 4 rings (SSSR count). The van der Waals surface area contributed by atoms with E-state index in [0.717, 1.165) is 5.56 Å². The second kappa shape index (κ2) is 6.85. The molecule has 9 heteroatoms. The maximum atomic E-state index is 12.2. The van der Waals surface area contributed by atoms with E-state index in [1.54, 1.807) is 30.3 Å². The van der Waals surface area contributed by atoms with Gasteiger partial charge in [0.05, 0.1) is 12.8 Å². The Morgan fingerprint density at radius 3 is 2.81 bits per heavy atom. The minimum Gasteiger partial charge on any atom is -0.461 e. The first-order valence-corrected chi connectivity index (χ1v) is 7.94. The van der Waals surface area contributed by atoms with Crippen LogP contribution in [0, 0.1) is 0 Å². The highest BCUT2D eigenvalue weighted by Crippen LogP contribution is 2.21. The maximum absolute atomic E-state index is 12.2. The molecule has 1 aromatic carbocycles. The summed E-state index contributed by atoms with van der Waals surface area (Å²) in [7, 11) is 0. The average Bonchev–Trinajstić information content (AvgIpc) is 3.40. The van der Waals surface area contributed by atoms with Gasteiger partial charge in [-0.05, 0) is 24.3 Å². The van der Waals surface area contributed by atoms with E-state index in [0.29, 0.717) is 22.4 Å². The Kier molecular flexibility index (Phi) is 4.24. The molecule has 0 spiro atoms. The molecule has 3 aromatic heterocycles. The number of hydrogen-bond donors (Lipinski definition) is 1. The number of furan rings is 1. The summed E-state index contributed by atoms with van der Waals surface area (Å²) in [6.07, 6.45) is 1.50. The molecule has 0 bridgehead atoms. The topological polar surface area (TPSA) is 107 Å². The van der Waals surface area contributed by atoms with Crippen LogP contribution in [-0.4, -0.2) is 21.2 Å². The van der Waals surface area contributed by atoms with Crippen LogP contribution in [0.3, 0.4) is 0 Å². The monoisotopic (exact) mass is 370 g/mol. The Bertz CT molecular complexity index is 1040. The van der Waals surface area contributed by atoms with Crippen molar-refractivity contribution in [2.24, 2.45) is 0 Å². The number of nitrogens with one attached hydrogen (secondary N) is 1. The summed E-state index contributed by atoms with van der Waals surface area (Å²) in [5.41, 5.74) is 0.837. The Balaban J connectivity index is 1.41. The van der Waals surface area contributed by atoms with Gasteiger partial charge in [0, 0.05) is 16.7 Å². The molecule has 0 unspecified atom stereocenters. The van der Waals surface area contributed by atoms with Gasteiger partial charge in [0.1, 0.15) is 0 Å². The van der Waals surface area contributed by atoms with Gasteiger partial charge in [0.25, 0.3) is 5.91 Å². The Labute approximate surface area is 151 Å². The molecular weight excluding hydrogens is 360 g/mol. The van der Waals surface area contributed by atoms with E-state index < -0.39 is 5.91 Å². The molecule has 0 fully saturated rings. The zero-order valence-electron chi connectivity index (χ0n) is 13.2. The van der Waals surface area contributed by atoms with Gasteiger partial charge in [-0.15, -0.1) is 0 Å². The number of halogens is 1. The van der Waals surface area contributed by atoms with Crippen LogP contribution in [0.2, 0.25) is 5.02 Å². The fourth-order valence-electron chi connectivity index (χ4n) is 2.24. The standard InChI is InChI=1S/C17H11ClN4O4/c18-11-4-1-3-10(7-11)16-20-15(26-22-16)9-19-17(23)12-8-14(25-21-12)13-5-2-6-24-13/h1-8H,9H2,(H,19,23). The fraction of sp³-hybridized carbons (Fsp3) is 0.0588. The fourth-order valence-corrected chi connectivity index (χ4v) is 2.43. The van der Waals surface area contributed by atoms with Gasteiger partial charge in [-0.3, -0.25) is 4.79 Å². The molecule has 1 amide bonds. The van der Waals surface area contributed by atoms with Crippen LogP contribution in [-0.2, 0) is 6.54 Å². The first-order chi connectivity index (χ1) is 12.7. The summed E-state index contributed by atoms with van der Waals surface area (Å²) in [4.78, 5) is 16.4. The first kappa shape index (κ1) is 16.1. The highest BCUT2D eigenvalue weighted by Gasteiger charge is 2.16. The van der Waals surface area contributed by atoms with E-state index in [1.807, 2.05) is 6.07 Å². The molecule has 0 saturated heterocycles. The molecule has 0 atom stereocenters. The van der Waals surface area contributed by atoms with Gasteiger partial charge in [0.15, 0.2) is 11.5 Å². The van der Waals surface area contributed by atoms with Crippen molar-refractivity contribution in [2.45, 2.75) is 6.54 Å². The highest BCUT2D eigenvalue weighted by molar-refractivity contribution is 6.30. The van der Waals surface area contributed by atoms with Crippen molar-refractivity contribution in [2.75, 3.05) is 0 Å². The number of carbonyl (C=O) groups is 1. The Morgan fingerprint density at radius 2 is 2.00 bits per heavy atom. The van der Waals surface area contributed by atoms with Crippen LogP contribution >= 0.6 is 11.6 Å². The van der Waals surface area contributed by atoms with Crippen molar-refractivity contribution in [1.29, 1.82) is 0 Å². The minimum absolute atomic E-state index is 0.0509. The molecular formula is C17H11ClN4O4. The number of carbonyl (C=O) groups excluding carboxylic acids is 1. The van der Waals surface area contributed by atoms with Crippen molar-refractivity contribution < 1.29 is 18.3 Å². The van der Waals surface area contributed by atoms with Gasteiger partial charge in [0.2, 0.25) is 17.5 Å². The average molecular weight is 371 g/mol. The smallest absolute Gasteiger partial charge is 0.273 e. The predicted molar refractivity (Wildman–Crippen MR) is 90.1 cm³/mol. The molecule has 4 aromatic rings. The number of hydrogen-bond acceptors (Lipinski definition) is 7. The molecule has 8 nitrogen and oxygen atoms in total. The third-order valence-electron chi connectivity index (χ3n) is 3.46. The largest absolute Gasteiger partial charge is 0.461 e. The third kappa shape index (κ3) is 3.35. The van der Waals surface area contributed by atoms with Crippen LogP contribution in [0.1, 0.15) is 16.4 Å². The van der Waals surface area contributed by atoms with E-state index in [4.69, 9.17) is 25.1 Å². The van der Waals surface area contributed by atoms with E-state index in [2.05, 4.69) is 20.6 Å². The Hall–Kier alpha value is -3.39. The van der Waals surface area contributed by atoms with Crippen LogP contribution in [0.15, 0.2) is 62.2 Å². The van der Waals surface area contributed by atoms with Gasteiger partial charge in [-0.2, -0.15) is 4.98 Å². The summed E-state index contributed by atoms with van der Waals surface area (Å²) in [6.45, 7) is 0.0509. The summed E-state index contributed by atoms with van der Waals surface area (Å²) in [6, 6.07) is 12.0. The molecule has 3 heterocycles. The van der Waals surface area contributed by atoms with Crippen molar-refractivity contribution >= 4 is 17.5 Å². The molecule has 0 aliphatic rings. The molecule has 0 saturated carbocycles. The molecule has 130 valence electrons. The Morgan fingerprint density at radius 1 is 1.08 bits per heavy atom. The van der Waals surface area contributed by atoms with Gasteiger partial charge in [-0.25, -0.2) is 0 Å². The maximum Gasteiger partial charge on any atom is 0.273 e. The van der Waals surface area contributed by atoms with Crippen LogP contribution in [0.5, 0.6) is 0 Å². The first-order valence-electron chi connectivity index (χ1n) is 7.56. The predicted octanol–water partition coefficient (Wildman–Crippen LogP) is 3.57. The molecule has 0 radical (unpaired) electrons. The van der Waals surface area contributed by atoms with Crippen molar-refractivity contribution in [3.63, 3.8) is 0 Å². The third-order valence-corrected chi connectivity index (χ3v) is 3.69. The zero-order chi connectivity index (χ0) is 17.9. The normalized spacial score (nSPS) is 10.8. The van der Waals surface area contributed by atoms with E-state index >= 15 is 0 Å². The number of amides is 1. The second-order valence-electron chi connectivity index (χ2n) is 5.26. The van der Waals surface area contributed by atoms with Gasteiger partial charge in [-0.1, -0.05) is 34.0 Å². The molecule has 26 heavy (non-hydrogen) atoms. The van der Waals surface area contributed by atoms with Crippen molar-refractivity contribution in [3.05, 3.63) is 65.3 Å². The summed E-state index contributed by atoms with van der Waals surface area (Å²) in [5.74, 6) is 1.05. The lowest BCUT2D eigenvalue weighted by Gasteiger charge is -1.97. The molecule has 0 aliphatic heterocycles. The lowest BCUT2D eigenvalue weighted by Crippen LogP contribution is -2.23. The van der Waals surface area contributed by atoms with Crippen LogP contribution < -0.4 is 5.32 Å². The summed E-state index contributed by atoms with van der Waals surface area (Å²) >= 11 is 5.95. The van der Waals surface area contributed by atoms with E-state index in [9.17, 15) is 4.79 Å². The van der Waals surface area contributed by atoms with E-state index in [1.165, 1.54) is 12.3 Å². The summed E-state index contributed by atoms with van der Waals surface area (Å²) < 4.78 is 15.4. The van der Waals surface area contributed by atoms with Gasteiger partial charge < -0.3 is 18.8 Å². The SMILES string of the molecule is O=C(NCc1nc(-c2cccc(Cl)c2)no1)c1cc(-c2ccco2)on1. The second-order valence-corrected chi connectivity index (χ2v) is 5.69. The van der Waals surface area contributed by atoms with Crippen molar-refractivity contribution in [1.82, 2.24) is 20.6 Å². The number of nitrogens with zero attached hydrogens (tertiary/aromatic N) is 3. The highest BCUT2D eigenvalue weighted by atomic mass is 35.5. The minimum atomic E-state index is -0.436. The summed E-state index contributed by atoms with van der Waals surface area (Å²) in [5, 5.41) is 10.8. The number of rotatable bonds is 5. The molecule has 1 N–H and O–H groups in total. The quantitative estimate of drug-likeness (QED) is 0.572.